The fourth-order valence-corrected chi connectivity index (χ4v) is 2.72. The van der Waals surface area contributed by atoms with Gasteiger partial charge in [-0.05, 0) is 38.5 Å². The highest BCUT2D eigenvalue weighted by Crippen LogP contribution is 2.36. The summed E-state index contributed by atoms with van der Waals surface area (Å²) in [5.74, 6) is 1.59. The van der Waals surface area contributed by atoms with Gasteiger partial charge in [0, 0.05) is 25.2 Å². The number of nitrogens with zero attached hydrogens (tertiary/aromatic N) is 1. The third kappa shape index (κ3) is 1.27. The van der Waals surface area contributed by atoms with E-state index in [-0.39, 0.29) is 0 Å². The van der Waals surface area contributed by atoms with Crippen molar-refractivity contribution >= 4 is 0 Å². The number of rotatable bonds is 1. The molecule has 0 aromatic heterocycles. The number of likely N-dealkylation sites (tertiary alicyclic amines) is 1. The van der Waals surface area contributed by atoms with E-state index >= 15 is 0 Å². The standard InChI is InChI=1S/C10H20N2/c1-7(2)12-5-8-3-4-9(6-12)10(8)11/h7-10H,3-6,11H2,1-2H3/t8-,9-/m0/s1. The second-order valence-corrected chi connectivity index (χ2v) is 4.72. The summed E-state index contributed by atoms with van der Waals surface area (Å²) < 4.78 is 0. The average molecular weight is 168 g/mol. The van der Waals surface area contributed by atoms with Crippen LogP contribution in [-0.2, 0) is 0 Å². The molecule has 0 aromatic rings. The highest BCUT2D eigenvalue weighted by atomic mass is 15.2. The average Bonchev–Trinajstić information content (AvgIpc) is 2.30. The van der Waals surface area contributed by atoms with Crippen LogP contribution in [0.2, 0.25) is 0 Å². The molecule has 2 bridgehead atoms. The van der Waals surface area contributed by atoms with Gasteiger partial charge in [0.2, 0.25) is 0 Å². The molecule has 0 aromatic carbocycles. The predicted octanol–water partition coefficient (Wildman–Crippen LogP) is 1.06. The van der Waals surface area contributed by atoms with Gasteiger partial charge >= 0.3 is 0 Å². The Morgan fingerprint density at radius 2 is 1.67 bits per heavy atom. The van der Waals surface area contributed by atoms with Crippen LogP contribution in [-0.4, -0.2) is 30.1 Å². The molecule has 2 atom stereocenters. The quantitative estimate of drug-likeness (QED) is 0.634. The first kappa shape index (κ1) is 8.52. The van der Waals surface area contributed by atoms with Crippen LogP contribution in [0, 0.1) is 11.8 Å². The topological polar surface area (TPSA) is 29.3 Å². The smallest absolute Gasteiger partial charge is 0.0120 e. The van der Waals surface area contributed by atoms with Gasteiger partial charge in [-0.3, -0.25) is 0 Å². The first-order valence-corrected chi connectivity index (χ1v) is 5.18. The van der Waals surface area contributed by atoms with E-state index in [1.807, 2.05) is 0 Å². The van der Waals surface area contributed by atoms with Crippen LogP contribution in [0.5, 0.6) is 0 Å². The molecule has 1 saturated carbocycles. The molecule has 12 heavy (non-hydrogen) atoms. The van der Waals surface area contributed by atoms with Gasteiger partial charge in [-0.15, -0.1) is 0 Å². The van der Waals surface area contributed by atoms with Gasteiger partial charge < -0.3 is 10.6 Å². The summed E-state index contributed by atoms with van der Waals surface area (Å²) in [6.45, 7) is 7.07. The Hall–Kier alpha value is -0.0800. The molecular formula is C10H20N2. The summed E-state index contributed by atoms with van der Waals surface area (Å²) in [5, 5.41) is 0. The van der Waals surface area contributed by atoms with Crippen LogP contribution in [0.3, 0.4) is 0 Å². The second-order valence-electron chi connectivity index (χ2n) is 4.72. The maximum atomic E-state index is 6.12. The van der Waals surface area contributed by atoms with Crippen molar-refractivity contribution in [2.45, 2.75) is 38.8 Å². The van der Waals surface area contributed by atoms with Crippen LogP contribution in [0.25, 0.3) is 0 Å². The van der Waals surface area contributed by atoms with Crippen molar-refractivity contribution in [2.24, 2.45) is 17.6 Å². The van der Waals surface area contributed by atoms with Gasteiger partial charge in [0.1, 0.15) is 0 Å². The normalized spacial score (nSPS) is 42.5. The van der Waals surface area contributed by atoms with Gasteiger partial charge in [-0.25, -0.2) is 0 Å². The van der Waals surface area contributed by atoms with Crippen LogP contribution in [0.15, 0.2) is 0 Å². The molecule has 2 heteroatoms. The van der Waals surface area contributed by atoms with Gasteiger partial charge in [0.25, 0.3) is 0 Å². The molecule has 2 fully saturated rings. The zero-order chi connectivity index (χ0) is 8.72. The Morgan fingerprint density at radius 3 is 2.08 bits per heavy atom. The summed E-state index contributed by atoms with van der Waals surface area (Å²) in [6.07, 6.45) is 2.74. The number of fused-ring (bicyclic) bond motifs is 2. The van der Waals surface area contributed by atoms with Crippen LogP contribution in [0.1, 0.15) is 26.7 Å². The number of piperidine rings is 1. The Kier molecular flexibility index (Phi) is 2.13. The Labute approximate surface area is 75.1 Å². The van der Waals surface area contributed by atoms with Crippen molar-refractivity contribution in [3.63, 3.8) is 0 Å². The van der Waals surface area contributed by atoms with Crippen molar-refractivity contribution in [1.82, 2.24) is 4.90 Å². The molecule has 0 unspecified atom stereocenters. The summed E-state index contributed by atoms with van der Waals surface area (Å²) in [4.78, 5) is 2.59. The van der Waals surface area contributed by atoms with E-state index in [1.165, 1.54) is 25.9 Å². The molecule has 1 aliphatic heterocycles. The lowest BCUT2D eigenvalue weighted by Gasteiger charge is -2.38. The van der Waals surface area contributed by atoms with E-state index in [9.17, 15) is 0 Å². The maximum absolute atomic E-state index is 6.12. The highest BCUT2D eigenvalue weighted by Gasteiger charge is 2.40. The minimum absolute atomic E-state index is 0.514. The van der Waals surface area contributed by atoms with Crippen molar-refractivity contribution in [2.75, 3.05) is 13.1 Å². The number of nitrogens with two attached hydrogens (primary N) is 1. The second kappa shape index (κ2) is 3.00. The van der Waals surface area contributed by atoms with Crippen LogP contribution >= 0.6 is 0 Å². The van der Waals surface area contributed by atoms with Gasteiger partial charge in [0.15, 0.2) is 0 Å². The number of hydrogen-bond acceptors (Lipinski definition) is 2. The monoisotopic (exact) mass is 168 g/mol. The molecule has 1 heterocycles. The first-order valence-electron chi connectivity index (χ1n) is 5.18. The van der Waals surface area contributed by atoms with E-state index in [0.717, 1.165) is 11.8 Å². The molecule has 1 aliphatic carbocycles. The lowest BCUT2D eigenvalue weighted by Crippen LogP contribution is -2.50. The Bertz CT molecular complexity index is 153. The minimum atomic E-state index is 0.514. The molecule has 0 amide bonds. The predicted molar refractivity (Wildman–Crippen MR) is 50.9 cm³/mol. The molecular weight excluding hydrogens is 148 g/mol. The molecule has 0 spiro atoms. The van der Waals surface area contributed by atoms with E-state index in [0.29, 0.717) is 12.1 Å². The van der Waals surface area contributed by atoms with E-state index in [2.05, 4.69) is 18.7 Å². The first-order chi connectivity index (χ1) is 5.68. The fraction of sp³-hybridized carbons (Fsp3) is 1.00. The summed E-state index contributed by atoms with van der Waals surface area (Å²) >= 11 is 0. The molecule has 2 N–H and O–H groups in total. The third-order valence-corrected chi connectivity index (χ3v) is 3.67. The zero-order valence-electron chi connectivity index (χ0n) is 8.16. The molecule has 1 saturated heterocycles. The van der Waals surface area contributed by atoms with Crippen LogP contribution in [0.4, 0.5) is 0 Å². The van der Waals surface area contributed by atoms with Gasteiger partial charge in [0.05, 0.1) is 0 Å². The Balaban J connectivity index is 2.02. The maximum Gasteiger partial charge on any atom is 0.0120 e. The summed E-state index contributed by atoms with van der Waals surface area (Å²) in [6, 6.07) is 1.22. The van der Waals surface area contributed by atoms with Crippen molar-refractivity contribution in [3.8, 4) is 0 Å². The zero-order valence-corrected chi connectivity index (χ0v) is 8.16. The van der Waals surface area contributed by atoms with Crippen LogP contribution < -0.4 is 5.73 Å². The lowest BCUT2D eigenvalue weighted by molar-refractivity contribution is 0.117. The fourth-order valence-electron chi connectivity index (χ4n) is 2.72. The van der Waals surface area contributed by atoms with Gasteiger partial charge in [-0.2, -0.15) is 0 Å². The van der Waals surface area contributed by atoms with E-state index in [1.54, 1.807) is 0 Å². The minimum Gasteiger partial charge on any atom is -0.327 e. The third-order valence-electron chi connectivity index (χ3n) is 3.67. The number of hydrogen-bond donors (Lipinski definition) is 1. The molecule has 2 rings (SSSR count). The summed E-state index contributed by atoms with van der Waals surface area (Å²) in [7, 11) is 0. The van der Waals surface area contributed by atoms with Crippen molar-refractivity contribution < 1.29 is 0 Å². The molecule has 2 aliphatic rings. The molecule has 2 nitrogen and oxygen atoms in total. The highest BCUT2D eigenvalue weighted by molar-refractivity contribution is 4.95. The summed E-state index contributed by atoms with van der Waals surface area (Å²) in [5.41, 5.74) is 6.12. The van der Waals surface area contributed by atoms with Gasteiger partial charge in [-0.1, -0.05) is 0 Å². The Morgan fingerprint density at radius 1 is 1.17 bits per heavy atom. The molecule has 70 valence electrons. The van der Waals surface area contributed by atoms with E-state index in [4.69, 9.17) is 5.73 Å². The van der Waals surface area contributed by atoms with E-state index < -0.39 is 0 Å². The molecule has 0 radical (unpaired) electrons. The van der Waals surface area contributed by atoms with Crippen molar-refractivity contribution in [3.05, 3.63) is 0 Å². The lowest BCUT2D eigenvalue weighted by atomic mass is 9.92. The SMILES string of the molecule is CC(C)N1C[C@@H]2CC[C@@H](C1)C2N. The van der Waals surface area contributed by atoms with Crippen molar-refractivity contribution in [1.29, 1.82) is 0 Å². The largest absolute Gasteiger partial charge is 0.327 e.